The van der Waals surface area contributed by atoms with Crippen LogP contribution in [0.15, 0.2) is 36.5 Å². The molecule has 0 aliphatic carbocycles. The van der Waals surface area contributed by atoms with Crippen molar-refractivity contribution in [3.63, 3.8) is 0 Å². The van der Waals surface area contributed by atoms with E-state index in [1.165, 1.54) is 0 Å². The number of carboxylic acids is 1. The van der Waals surface area contributed by atoms with Crippen LogP contribution in [0.3, 0.4) is 0 Å². The molecule has 0 fully saturated rings. The number of aliphatic carboxylic acids is 1. The zero-order valence-electron chi connectivity index (χ0n) is 10.3. The first-order valence-corrected chi connectivity index (χ1v) is 6.11. The number of hydrogen-bond donors (Lipinski definition) is 1. The minimum atomic E-state index is -0.777. The summed E-state index contributed by atoms with van der Waals surface area (Å²) in [4.78, 5) is 15.7. The van der Waals surface area contributed by atoms with Crippen LogP contribution in [-0.2, 0) is 11.3 Å². The molecule has 1 aliphatic heterocycles. The molecule has 0 saturated heterocycles. The first-order valence-electron chi connectivity index (χ1n) is 6.11. The molecule has 1 unspecified atom stereocenters. The van der Waals surface area contributed by atoms with Crippen molar-refractivity contribution in [2.24, 2.45) is 0 Å². The van der Waals surface area contributed by atoms with E-state index in [4.69, 9.17) is 0 Å². The van der Waals surface area contributed by atoms with E-state index in [9.17, 15) is 9.90 Å². The summed E-state index contributed by atoms with van der Waals surface area (Å²) in [5, 5.41) is 9.21. The molecule has 100 valence electrons. The van der Waals surface area contributed by atoms with E-state index in [2.05, 4.69) is 4.98 Å². The average molecular weight is 279 g/mol. The maximum absolute atomic E-state index is 11.2. The molecule has 1 aromatic carbocycles. The summed E-state index contributed by atoms with van der Waals surface area (Å²) >= 11 is 0. The van der Waals surface area contributed by atoms with Gasteiger partial charge in [-0.1, -0.05) is 30.3 Å². The number of nitrogens with zero attached hydrogens (tertiary/aromatic N) is 2. The summed E-state index contributed by atoms with van der Waals surface area (Å²) in [7, 11) is 0. The summed E-state index contributed by atoms with van der Waals surface area (Å²) in [6.07, 6.45) is 3.54. The van der Waals surface area contributed by atoms with E-state index in [1.807, 2.05) is 41.1 Å². The minimum Gasteiger partial charge on any atom is -0.481 e. The van der Waals surface area contributed by atoms with Gasteiger partial charge in [-0.15, -0.1) is 12.4 Å². The van der Waals surface area contributed by atoms with Crippen LogP contribution in [0.25, 0.3) is 11.3 Å². The maximum atomic E-state index is 11.2. The van der Waals surface area contributed by atoms with Crippen LogP contribution in [0.5, 0.6) is 0 Å². The van der Waals surface area contributed by atoms with Gasteiger partial charge in [0.15, 0.2) is 0 Å². The molecule has 2 heterocycles. The zero-order valence-corrected chi connectivity index (χ0v) is 11.1. The quantitative estimate of drug-likeness (QED) is 0.919. The SMILES string of the molecule is Cl.O=C(O)C1CCCn2cc(-c3ccccc3)nc21. The van der Waals surface area contributed by atoms with Crippen LogP contribution >= 0.6 is 12.4 Å². The van der Waals surface area contributed by atoms with E-state index in [-0.39, 0.29) is 12.4 Å². The van der Waals surface area contributed by atoms with Crippen molar-refractivity contribution in [3.05, 3.63) is 42.4 Å². The van der Waals surface area contributed by atoms with Crippen LogP contribution in [-0.4, -0.2) is 20.6 Å². The molecular weight excluding hydrogens is 264 g/mol. The standard InChI is InChI=1S/C14H14N2O2.ClH/c17-14(18)11-7-4-8-16-9-12(15-13(11)16)10-5-2-1-3-6-10;/h1-3,5-6,9,11H,4,7-8H2,(H,17,18);1H. The Morgan fingerprint density at radius 1 is 1.32 bits per heavy atom. The van der Waals surface area contributed by atoms with E-state index in [0.717, 1.165) is 24.2 Å². The number of benzene rings is 1. The first-order chi connectivity index (χ1) is 8.75. The molecule has 0 saturated carbocycles. The number of carboxylic acid groups (broad SMARTS) is 1. The van der Waals surface area contributed by atoms with Gasteiger partial charge in [-0.25, -0.2) is 4.98 Å². The lowest BCUT2D eigenvalue weighted by Crippen LogP contribution is -2.21. The van der Waals surface area contributed by atoms with Gasteiger partial charge in [-0.2, -0.15) is 0 Å². The number of carbonyl (C=O) groups is 1. The topological polar surface area (TPSA) is 55.1 Å². The van der Waals surface area contributed by atoms with E-state index < -0.39 is 11.9 Å². The number of hydrogen-bond acceptors (Lipinski definition) is 2. The van der Waals surface area contributed by atoms with Gasteiger partial charge in [0.05, 0.1) is 5.69 Å². The largest absolute Gasteiger partial charge is 0.481 e. The van der Waals surface area contributed by atoms with Crippen LogP contribution < -0.4 is 0 Å². The van der Waals surface area contributed by atoms with Gasteiger partial charge in [0.1, 0.15) is 11.7 Å². The highest BCUT2D eigenvalue weighted by molar-refractivity contribution is 5.85. The third-order valence-electron chi connectivity index (χ3n) is 3.38. The monoisotopic (exact) mass is 278 g/mol. The van der Waals surface area contributed by atoms with E-state index in [1.54, 1.807) is 0 Å². The van der Waals surface area contributed by atoms with Gasteiger partial charge in [0.25, 0.3) is 0 Å². The fraction of sp³-hybridized carbons (Fsp3) is 0.286. The van der Waals surface area contributed by atoms with Gasteiger partial charge < -0.3 is 9.67 Å². The molecule has 0 amide bonds. The van der Waals surface area contributed by atoms with Crippen LogP contribution in [0.4, 0.5) is 0 Å². The third kappa shape index (κ3) is 2.49. The molecule has 0 spiro atoms. The van der Waals surface area contributed by atoms with Gasteiger partial charge in [0.2, 0.25) is 0 Å². The van der Waals surface area contributed by atoms with Gasteiger partial charge in [-0.3, -0.25) is 4.79 Å². The number of halogens is 1. The Kier molecular flexibility index (Phi) is 3.90. The average Bonchev–Trinajstić information content (AvgIpc) is 2.83. The number of aromatic nitrogens is 2. The molecule has 4 nitrogen and oxygen atoms in total. The third-order valence-corrected chi connectivity index (χ3v) is 3.38. The Labute approximate surface area is 117 Å². The fourth-order valence-electron chi connectivity index (χ4n) is 2.46. The molecule has 2 aromatic rings. The van der Waals surface area contributed by atoms with Crippen molar-refractivity contribution in [3.8, 4) is 11.3 Å². The lowest BCUT2D eigenvalue weighted by molar-refractivity contribution is -0.139. The Balaban J connectivity index is 0.00000133. The van der Waals surface area contributed by atoms with Crippen LogP contribution in [0.2, 0.25) is 0 Å². The summed E-state index contributed by atoms with van der Waals surface area (Å²) < 4.78 is 1.98. The number of fused-ring (bicyclic) bond motifs is 1. The lowest BCUT2D eigenvalue weighted by Gasteiger charge is -2.19. The Morgan fingerprint density at radius 2 is 2.05 bits per heavy atom. The summed E-state index contributed by atoms with van der Waals surface area (Å²) in [5.41, 5.74) is 1.89. The summed E-state index contributed by atoms with van der Waals surface area (Å²) in [5.74, 6) is -0.551. The predicted octanol–water partition coefficient (Wildman–Crippen LogP) is 2.93. The molecule has 1 N–H and O–H groups in total. The lowest BCUT2D eigenvalue weighted by atomic mass is 9.99. The van der Waals surface area contributed by atoms with Crippen molar-refractivity contribution in [2.75, 3.05) is 0 Å². The second-order valence-electron chi connectivity index (χ2n) is 4.58. The molecule has 1 aliphatic rings. The number of aryl methyl sites for hydroxylation is 1. The number of imidazole rings is 1. The molecule has 3 rings (SSSR count). The minimum absolute atomic E-state index is 0. The summed E-state index contributed by atoms with van der Waals surface area (Å²) in [6.45, 7) is 0.860. The van der Waals surface area contributed by atoms with Crippen molar-refractivity contribution >= 4 is 18.4 Å². The Bertz CT molecular complexity index is 580. The van der Waals surface area contributed by atoms with Gasteiger partial charge in [-0.05, 0) is 12.8 Å². The van der Waals surface area contributed by atoms with Crippen LogP contribution in [0.1, 0.15) is 24.6 Å². The van der Waals surface area contributed by atoms with Crippen molar-refractivity contribution in [1.82, 2.24) is 9.55 Å². The van der Waals surface area contributed by atoms with E-state index in [0.29, 0.717) is 12.2 Å². The fourth-order valence-corrected chi connectivity index (χ4v) is 2.46. The molecule has 1 aromatic heterocycles. The Hall–Kier alpha value is -1.81. The van der Waals surface area contributed by atoms with Crippen molar-refractivity contribution in [2.45, 2.75) is 25.3 Å². The molecule has 0 radical (unpaired) electrons. The highest BCUT2D eigenvalue weighted by Crippen LogP contribution is 2.29. The predicted molar refractivity (Wildman–Crippen MR) is 74.5 cm³/mol. The van der Waals surface area contributed by atoms with Gasteiger partial charge in [0, 0.05) is 18.3 Å². The maximum Gasteiger partial charge on any atom is 0.314 e. The van der Waals surface area contributed by atoms with Crippen molar-refractivity contribution in [1.29, 1.82) is 0 Å². The van der Waals surface area contributed by atoms with Gasteiger partial charge >= 0.3 is 5.97 Å². The van der Waals surface area contributed by atoms with E-state index >= 15 is 0 Å². The Morgan fingerprint density at radius 3 is 2.74 bits per heavy atom. The highest BCUT2D eigenvalue weighted by Gasteiger charge is 2.28. The molecular formula is C14H15ClN2O2. The number of rotatable bonds is 2. The second-order valence-corrected chi connectivity index (χ2v) is 4.58. The molecule has 5 heteroatoms. The first kappa shape index (κ1) is 13.6. The summed E-state index contributed by atoms with van der Waals surface area (Å²) in [6, 6.07) is 9.86. The smallest absolute Gasteiger partial charge is 0.314 e. The second kappa shape index (κ2) is 5.45. The zero-order chi connectivity index (χ0) is 12.5. The highest BCUT2D eigenvalue weighted by atomic mass is 35.5. The van der Waals surface area contributed by atoms with Crippen molar-refractivity contribution < 1.29 is 9.90 Å². The van der Waals surface area contributed by atoms with Crippen LogP contribution in [0, 0.1) is 0 Å². The molecule has 1 atom stereocenters. The normalized spacial score (nSPS) is 17.4. The molecule has 19 heavy (non-hydrogen) atoms. The molecule has 0 bridgehead atoms.